The van der Waals surface area contributed by atoms with E-state index in [1.165, 1.54) is 0 Å². The Balaban J connectivity index is 1.11. The first-order chi connectivity index (χ1) is 24.7. The quantitative estimate of drug-likeness (QED) is 0.186. The van der Waals surface area contributed by atoms with Gasteiger partial charge in [-0.25, -0.2) is 19.9 Å². The van der Waals surface area contributed by atoms with Crippen LogP contribution in [0.4, 0.5) is 0 Å². The summed E-state index contributed by atoms with van der Waals surface area (Å²) < 4.78 is 12.8. The van der Waals surface area contributed by atoms with E-state index in [1.807, 2.05) is 109 Å². The number of nitrogens with zero attached hydrogens (tertiary/aromatic N) is 4. The van der Waals surface area contributed by atoms with Crippen molar-refractivity contribution in [1.29, 1.82) is 0 Å². The maximum Gasteiger partial charge on any atom is 0.227 e. The average Bonchev–Trinajstić information content (AvgIpc) is 3.81. The predicted molar refractivity (Wildman–Crippen MR) is 199 cm³/mol. The summed E-state index contributed by atoms with van der Waals surface area (Å²) in [4.78, 5) is 19.8. The highest BCUT2D eigenvalue weighted by atomic mass is 16.3. The van der Waals surface area contributed by atoms with Crippen molar-refractivity contribution in [1.82, 2.24) is 19.9 Å². The smallest absolute Gasteiger partial charge is 0.227 e. The third-order valence-corrected chi connectivity index (χ3v) is 9.16. The van der Waals surface area contributed by atoms with Gasteiger partial charge in [-0.05, 0) is 52.9 Å². The standard InChI is InChI=1S/C44H26N4O2/c1-3-12-28(13-4-1)41-46-42(29-14-5-2-6-15-29)48-43(47-41)34-19-10-20-38-39(34)35-26-31(22-24-37(35)49-38)30-16-9-17-32(25-30)44-45-36-23-21-27-11-7-8-18-33(27)40(36)50-44/h1-26H. The molecule has 0 aliphatic carbocycles. The van der Waals surface area contributed by atoms with Gasteiger partial charge in [0.2, 0.25) is 5.89 Å². The zero-order valence-corrected chi connectivity index (χ0v) is 26.6. The van der Waals surface area contributed by atoms with Crippen LogP contribution < -0.4 is 0 Å². The van der Waals surface area contributed by atoms with Crippen molar-refractivity contribution >= 4 is 43.8 Å². The first kappa shape index (κ1) is 28.1. The molecule has 0 radical (unpaired) electrons. The van der Waals surface area contributed by atoms with E-state index < -0.39 is 0 Å². The minimum atomic E-state index is 0.585. The minimum absolute atomic E-state index is 0.585. The second kappa shape index (κ2) is 11.4. The molecule has 10 aromatic rings. The number of furan rings is 1. The molecule has 0 atom stereocenters. The number of rotatable bonds is 5. The van der Waals surface area contributed by atoms with Crippen molar-refractivity contribution in [3.8, 4) is 56.7 Å². The highest BCUT2D eigenvalue weighted by Crippen LogP contribution is 2.39. The fourth-order valence-corrected chi connectivity index (χ4v) is 6.73. The maximum atomic E-state index is 6.40. The molecule has 3 heterocycles. The molecule has 0 spiro atoms. The summed E-state index contributed by atoms with van der Waals surface area (Å²) in [6, 6.07) is 53.0. The molecule has 6 nitrogen and oxygen atoms in total. The summed E-state index contributed by atoms with van der Waals surface area (Å²) in [6.07, 6.45) is 0. The molecule has 0 bridgehead atoms. The summed E-state index contributed by atoms with van der Waals surface area (Å²) >= 11 is 0. The van der Waals surface area contributed by atoms with Gasteiger partial charge < -0.3 is 8.83 Å². The molecule has 0 fully saturated rings. The lowest BCUT2D eigenvalue weighted by Gasteiger charge is -2.09. The highest BCUT2D eigenvalue weighted by Gasteiger charge is 2.19. The molecule has 0 unspecified atom stereocenters. The van der Waals surface area contributed by atoms with E-state index in [0.717, 1.165) is 77.2 Å². The fourth-order valence-electron chi connectivity index (χ4n) is 6.73. The number of benzene rings is 7. The lowest BCUT2D eigenvalue weighted by Crippen LogP contribution is -2.00. The predicted octanol–water partition coefficient (Wildman–Crippen LogP) is 11.4. The van der Waals surface area contributed by atoms with Crippen molar-refractivity contribution in [3.05, 3.63) is 158 Å². The van der Waals surface area contributed by atoms with Crippen LogP contribution >= 0.6 is 0 Å². The van der Waals surface area contributed by atoms with E-state index >= 15 is 0 Å². The molecule has 0 saturated carbocycles. The topological polar surface area (TPSA) is 77.8 Å². The summed E-state index contributed by atoms with van der Waals surface area (Å²) in [6.45, 7) is 0. The third-order valence-electron chi connectivity index (χ3n) is 9.16. The molecule has 50 heavy (non-hydrogen) atoms. The molecule has 0 saturated heterocycles. The number of hydrogen-bond donors (Lipinski definition) is 0. The normalized spacial score (nSPS) is 11.6. The van der Waals surface area contributed by atoms with Gasteiger partial charge in [-0.1, -0.05) is 121 Å². The molecule has 3 aromatic heterocycles. The molecule has 0 aliphatic heterocycles. The Kier molecular flexibility index (Phi) is 6.39. The van der Waals surface area contributed by atoms with Crippen molar-refractivity contribution < 1.29 is 8.83 Å². The molecule has 7 aromatic carbocycles. The van der Waals surface area contributed by atoms with Gasteiger partial charge >= 0.3 is 0 Å². The number of aromatic nitrogens is 4. The zero-order valence-electron chi connectivity index (χ0n) is 26.6. The molecular formula is C44H26N4O2. The van der Waals surface area contributed by atoms with Gasteiger partial charge in [-0.3, -0.25) is 0 Å². The van der Waals surface area contributed by atoms with E-state index in [-0.39, 0.29) is 0 Å². The second-order valence-electron chi connectivity index (χ2n) is 12.3. The van der Waals surface area contributed by atoms with Crippen LogP contribution in [0.1, 0.15) is 0 Å². The molecule has 0 aliphatic rings. The van der Waals surface area contributed by atoms with Gasteiger partial charge in [0.05, 0.1) is 0 Å². The molecular weight excluding hydrogens is 617 g/mol. The van der Waals surface area contributed by atoms with Gasteiger partial charge in [-0.15, -0.1) is 0 Å². The molecule has 10 rings (SSSR count). The van der Waals surface area contributed by atoms with Crippen molar-refractivity contribution in [2.75, 3.05) is 0 Å². The number of oxazole rings is 1. The lowest BCUT2D eigenvalue weighted by molar-refractivity contribution is 0.623. The second-order valence-corrected chi connectivity index (χ2v) is 12.3. The first-order valence-electron chi connectivity index (χ1n) is 16.5. The first-order valence-corrected chi connectivity index (χ1v) is 16.5. The Hall–Kier alpha value is -6.92. The van der Waals surface area contributed by atoms with E-state index in [1.54, 1.807) is 0 Å². The Morgan fingerprint density at radius 2 is 1.04 bits per heavy atom. The lowest BCUT2D eigenvalue weighted by atomic mass is 9.99. The molecule has 234 valence electrons. The zero-order chi connectivity index (χ0) is 33.0. The van der Waals surface area contributed by atoms with Crippen molar-refractivity contribution in [3.63, 3.8) is 0 Å². The van der Waals surface area contributed by atoms with Crippen LogP contribution in [0.15, 0.2) is 167 Å². The van der Waals surface area contributed by atoms with Crippen LogP contribution in [0.25, 0.3) is 101 Å². The van der Waals surface area contributed by atoms with Crippen LogP contribution in [0, 0.1) is 0 Å². The van der Waals surface area contributed by atoms with Gasteiger partial charge in [0, 0.05) is 38.4 Å². The van der Waals surface area contributed by atoms with Gasteiger partial charge in [-0.2, -0.15) is 0 Å². The highest BCUT2D eigenvalue weighted by molar-refractivity contribution is 6.13. The summed E-state index contributed by atoms with van der Waals surface area (Å²) in [5.41, 5.74) is 8.92. The molecule has 0 amide bonds. The SMILES string of the molecule is c1ccc(-c2nc(-c3ccccc3)nc(-c3cccc4oc5ccc(-c6cccc(-c7nc8ccc9ccccc9c8o7)c6)cc5c34)n2)cc1. The van der Waals surface area contributed by atoms with E-state index in [9.17, 15) is 0 Å². The van der Waals surface area contributed by atoms with Crippen LogP contribution in [0.3, 0.4) is 0 Å². The van der Waals surface area contributed by atoms with Crippen LogP contribution in [0.2, 0.25) is 0 Å². The van der Waals surface area contributed by atoms with E-state index in [0.29, 0.717) is 23.4 Å². The van der Waals surface area contributed by atoms with Crippen molar-refractivity contribution in [2.45, 2.75) is 0 Å². The van der Waals surface area contributed by atoms with Crippen LogP contribution in [-0.4, -0.2) is 19.9 Å². The third kappa shape index (κ3) is 4.73. The monoisotopic (exact) mass is 642 g/mol. The van der Waals surface area contributed by atoms with Gasteiger partial charge in [0.25, 0.3) is 0 Å². The fraction of sp³-hybridized carbons (Fsp3) is 0. The molecule has 6 heteroatoms. The van der Waals surface area contributed by atoms with Crippen LogP contribution in [-0.2, 0) is 0 Å². The largest absolute Gasteiger partial charge is 0.456 e. The van der Waals surface area contributed by atoms with E-state index in [2.05, 4.69) is 48.5 Å². The number of fused-ring (bicyclic) bond motifs is 6. The van der Waals surface area contributed by atoms with Gasteiger partial charge in [0.1, 0.15) is 16.7 Å². The Bertz CT molecular complexity index is 2820. The Morgan fingerprint density at radius 1 is 0.380 bits per heavy atom. The van der Waals surface area contributed by atoms with Crippen LogP contribution in [0.5, 0.6) is 0 Å². The summed E-state index contributed by atoms with van der Waals surface area (Å²) in [7, 11) is 0. The minimum Gasteiger partial charge on any atom is -0.456 e. The average molecular weight is 643 g/mol. The van der Waals surface area contributed by atoms with Gasteiger partial charge in [0.15, 0.2) is 23.1 Å². The number of hydrogen-bond acceptors (Lipinski definition) is 6. The summed E-state index contributed by atoms with van der Waals surface area (Å²) in [5.74, 6) is 2.41. The summed E-state index contributed by atoms with van der Waals surface area (Å²) in [5, 5.41) is 4.12. The Labute approximate surface area is 286 Å². The molecule has 0 N–H and O–H groups in total. The van der Waals surface area contributed by atoms with E-state index in [4.69, 9.17) is 28.8 Å². The Morgan fingerprint density at radius 3 is 1.84 bits per heavy atom. The van der Waals surface area contributed by atoms with Crippen molar-refractivity contribution in [2.24, 2.45) is 0 Å². The maximum absolute atomic E-state index is 6.40.